The predicted molar refractivity (Wildman–Crippen MR) is 167 cm³/mol. The largest absolute Gasteiger partial charge is 0.507 e. The summed E-state index contributed by atoms with van der Waals surface area (Å²) in [5.41, 5.74) is 3.62. The molecule has 6 heteroatoms. The Labute approximate surface area is 239 Å². The third kappa shape index (κ3) is 7.50. The maximum atomic E-state index is 11.1. The van der Waals surface area contributed by atoms with Crippen LogP contribution in [0.3, 0.4) is 0 Å². The van der Waals surface area contributed by atoms with Crippen LogP contribution < -0.4 is 0 Å². The molecule has 2 rings (SSSR count). The summed E-state index contributed by atoms with van der Waals surface area (Å²) in [6.45, 7) is 24.9. The molecule has 0 saturated heterocycles. The standard InChI is InChI=1S/C32H50O4S2/c1-29(2,3)21-15-22(30(4,5)6)26(34)19(25(21)33)17-37-13-14-38-18-20-27(35)23(31(7,8)9)16-24(28(20)36)32(10,11)12/h15-16,33-36H,13-14,17-18H2,1-12H3. The van der Waals surface area contributed by atoms with Crippen molar-refractivity contribution in [3.05, 3.63) is 45.5 Å². The van der Waals surface area contributed by atoms with Gasteiger partial charge in [0.1, 0.15) is 23.0 Å². The van der Waals surface area contributed by atoms with Gasteiger partial charge in [0.15, 0.2) is 0 Å². The van der Waals surface area contributed by atoms with Crippen LogP contribution in [0.15, 0.2) is 12.1 Å². The Kier molecular flexibility index (Phi) is 9.80. The summed E-state index contributed by atoms with van der Waals surface area (Å²) in [4.78, 5) is 0. The van der Waals surface area contributed by atoms with Gasteiger partial charge in [0.05, 0.1) is 0 Å². The number of thioether (sulfide) groups is 2. The van der Waals surface area contributed by atoms with Crippen LogP contribution in [0.5, 0.6) is 23.0 Å². The van der Waals surface area contributed by atoms with Crippen molar-refractivity contribution >= 4 is 23.5 Å². The Morgan fingerprint density at radius 1 is 0.447 bits per heavy atom. The first kappa shape index (κ1) is 32.6. The molecule has 0 unspecified atom stereocenters. The van der Waals surface area contributed by atoms with Crippen molar-refractivity contribution in [1.82, 2.24) is 0 Å². The lowest BCUT2D eigenvalue weighted by Gasteiger charge is -2.29. The van der Waals surface area contributed by atoms with E-state index in [2.05, 4.69) is 83.1 Å². The normalized spacial score (nSPS) is 13.3. The van der Waals surface area contributed by atoms with E-state index >= 15 is 0 Å². The van der Waals surface area contributed by atoms with Gasteiger partial charge in [-0.1, -0.05) is 83.1 Å². The van der Waals surface area contributed by atoms with Gasteiger partial charge in [0, 0.05) is 56.4 Å². The van der Waals surface area contributed by atoms with Gasteiger partial charge >= 0.3 is 0 Å². The van der Waals surface area contributed by atoms with Gasteiger partial charge in [-0.2, -0.15) is 23.5 Å². The lowest BCUT2D eigenvalue weighted by atomic mass is 9.78. The van der Waals surface area contributed by atoms with Crippen LogP contribution in [0.1, 0.15) is 116 Å². The van der Waals surface area contributed by atoms with E-state index < -0.39 is 0 Å². The summed E-state index contributed by atoms with van der Waals surface area (Å²) < 4.78 is 0. The highest BCUT2D eigenvalue weighted by Crippen LogP contribution is 2.47. The van der Waals surface area contributed by atoms with Gasteiger partial charge in [-0.05, 0) is 33.8 Å². The van der Waals surface area contributed by atoms with Crippen LogP contribution >= 0.6 is 23.5 Å². The number of phenolic OH excluding ortho intramolecular Hbond substituents is 4. The molecule has 0 radical (unpaired) electrons. The Morgan fingerprint density at radius 2 is 0.658 bits per heavy atom. The van der Waals surface area contributed by atoms with Crippen molar-refractivity contribution in [2.45, 2.75) is 116 Å². The van der Waals surface area contributed by atoms with Crippen LogP contribution in [0.25, 0.3) is 0 Å². The number of hydrogen-bond donors (Lipinski definition) is 4. The zero-order valence-electron chi connectivity index (χ0n) is 25.6. The molecule has 214 valence electrons. The minimum Gasteiger partial charge on any atom is -0.507 e. The fourth-order valence-electron chi connectivity index (χ4n) is 4.46. The van der Waals surface area contributed by atoms with Crippen LogP contribution in [0.4, 0.5) is 0 Å². The summed E-state index contributed by atoms with van der Waals surface area (Å²) in [6, 6.07) is 3.90. The maximum absolute atomic E-state index is 11.1. The van der Waals surface area contributed by atoms with E-state index in [1.807, 2.05) is 12.1 Å². The lowest BCUT2D eigenvalue weighted by Crippen LogP contribution is -2.18. The third-order valence-corrected chi connectivity index (χ3v) is 9.07. The first-order valence-corrected chi connectivity index (χ1v) is 15.7. The Morgan fingerprint density at radius 3 is 0.842 bits per heavy atom. The van der Waals surface area contributed by atoms with E-state index in [0.717, 1.165) is 33.8 Å². The predicted octanol–water partition coefficient (Wildman–Crippen LogP) is 8.87. The quantitative estimate of drug-likeness (QED) is 0.252. The first-order chi connectivity index (χ1) is 17.1. The maximum Gasteiger partial charge on any atom is 0.127 e. The summed E-state index contributed by atoms with van der Waals surface area (Å²) in [7, 11) is 0. The molecule has 0 atom stereocenters. The molecule has 0 heterocycles. The Hall–Kier alpha value is -1.66. The van der Waals surface area contributed by atoms with Gasteiger partial charge < -0.3 is 20.4 Å². The fourth-order valence-corrected chi connectivity index (χ4v) is 6.65. The van der Waals surface area contributed by atoms with Crippen molar-refractivity contribution in [3.8, 4) is 23.0 Å². The van der Waals surface area contributed by atoms with E-state index in [1.54, 1.807) is 23.5 Å². The van der Waals surface area contributed by atoms with Gasteiger partial charge in [-0.3, -0.25) is 0 Å². The smallest absolute Gasteiger partial charge is 0.127 e. The van der Waals surface area contributed by atoms with Gasteiger partial charge in [-0.25, -0.2) is 0 Å². The number of phenols is 4. The molecule has 0 aliphatic rings. The SMILES string of the molecule is CC(C)(C)c1cc(C(C)(C)C)c(O)c(CSCCSCc2c(O)c(C(C)(C)C)cc(C(C)(C)C)c2O)c1O. The lowest BCUT2D eigenvalue weighted by molar-refractivity contribution is 0.409. The molecule has 0 aliphatic heterocycles. The highest BCUT2D eigenvalue weighted by Gasteiger charge is 2.30. The monoisotopic (exact) mass is 562 g/mol. The molecular formula is C32H50O4S2. The van der Waals surface area contributed by atoms with E-state index in [0.29, 0.717) is 22.6 Å². The van der Waals surface area contributed by atoms with Gasteiger partial charge in [-0.15, -0.1) is 0 Å². The molecule has 0 saturated carbocycles. The van der Waals surface area contributed by atoms with Crippen molar-refractivity contribution in [1.29, 1.82) is 0 Å². The molecule has 4 nitrogen and oxygen atoms in total. The molecule has 0 spiro atoms. The molecule has 2 aromatic rings. The van der Waals surface area contributed by atoms with Gasteiger partial charge in [0.25, 0.3) is 0 Å². The van der Waals surface area contributed by atoms with Crippen molar-refractivity contribution < 1.29 is 20.4 Å². The van der Waals surface area contributed by atoms with Crippen molar-refractivity contribution in [2.24, 2.45) is 0 Å². The van der Waals surface area contributed by atoms with E-state index in [9.17, 15) is 20.4 Å². The second-order valence-corrected chi connectivity index (χ2v) is 16.6. The molecule has 0 bridgehead atoms. The fraction of sp³-hybridized carbons (Fsp3) is 0.625. The first-order valence-electron chi connectivity index (χ1n) is 13.4. The molecule has 2 aromatic carbocycles. The highest BCUT2D eigenvalue weighted by atomic mass is 32.2. The van der Waals surface area contributed by atoms with Crippen LogP contribution in [-0.4, -0.2) is 31.9 Å². The van der Waals surface area contributed by atoms with Crippen LogP contribution in [-0.2, 0) is 33.2 Å². The van der Waals surface area contributed by atoms with Crippen molar-refractivity contribution in [2.75, 3.05) is 11.5 Å². The Balaban J connectivity index is 2.19. The average Bonchev–Trinajstić information content (AvgIpc) is 2.70. The molecule has 0 amide bonds. The molecule has 0 fully saturated rings. The second-order valence-electron chi connectivity index (χ2n) is 14.4. The molecule has 0 aliphatic carbocycles. The molecular weight excluding hydrogens is 512 g/mol. The number of rotatable bonds is 7. The molecule has 0 aromatic heterocycles. The highest BCUT2D eigenvalue weighted by molar-refractivity contribution is 8.02. The number of benzene rings is 2. The minimum atomic E-state index is -0.245. The zero-order valence-corrected chi connectivity index (χ0v) is 27.2. The third-order valence-electron chi connectivity index (χ3n) is 6.84. The topological polar surface area (TPSA) is 80.9 Å². The average molecular weight is 563 g/mol. The molecule has 4 N–H and O–H groups in total. The van der Waals surface area contributed by atoms with Gasteiger partial charge in [0.2, 0.25) is 0 Å². The molecule has 38 heavy (non-hydrogen) atoms. The number of hydrogen-bond acceptors (Lipinski definition) is 6. The van der Waals surface area contributed by atoms with E-state index in [4.69, 9.17) is 0 Å². The summed E-state index contributed by atoms with van der Waals surface area (Å²) in [6.07, 6.45) is 0. The second kappa shape index (κ2) is 11.4. The summed E-state index contributed by atoms with van der Waals surface area (Å²) in [5.74, 6) is 3.38. The van der Waals surface area contributed by atoms with Crippen molar-refractivity contribution in [3.63, 3.8) is 0 Å². The zero-order chi connectivity index (χ0) is 29.4. The minimum absolute atomic E-state index is 0.187. The Bertz CT molecular complexity index is 973. The van der Waals surface area contributed by atoms with Crippen LogP contribution in [0.2, 0.25) is 0 Å². The van der Waals surface area contributed by atoms with Crippen LogP contribution in [0, 0.1) is 0 Å². The summed E-state index contributed by atoms with van der Waals surface area (Å²) >= 11 is 3.33. The number of aromatic hydroxyl groups is 4. The summed E-state index contributed by atoms with van der Waals surface area (Å²) in [5, 5.41) is 44.2. The van der Waals surface area contributed by atoms with E-state index in [1.165, 1.54) is 0 Å². The van der Waals surface area contributed by atoms with E-state index in [-0.39, 0.29) is 44.7 Å².